The molecule has 0 bridgehead atoms. The monoisotopic (exact) mass is 510 g/mol. The summed E-state index contributed by atoms with van der Waals surface area (Å²) >= 11 is 0. The Morgan fingerprint density at radius 3 is 2.46 bits per heavy atom. The Morgan fingerprint density at radius 1 is 1.11 bits per heavy atom. The van der Waals surface area contributed by atoms with E-state index >= 15 is 0 Å². The number of anilines is 1. The fourth-order valence-electron chi connectivity index (χ4n) is 2.74. The zero-order valence-corrected chi connectivity index (χ0v) is 18.9. The highest BCUT2D eigenvalue weighted by Crippen LogP contribution is 2.32. The number of nitro groups is 1. The number of hydrazone groups is 1. The summed E-state index contributed by atoms with van der Waals surface area (Å²) in [7, 11) is -3.14. The van der Waals surface area contributed by atoms with E-state index in [0.29, 0.717) is 11.8 Å². The third-order valence-electron chi connectivity index (χ3n) is 4.54. The third kappa shape index (κ3) is 6.23. The normalized spacial score (nSPS) is 11.9. The van der Waals surface area contributed by atoms with Gasteiger partial charge in [0.1, 0.15) is 10.7 Å². The van der Waals surface area contributed by atoms with Crippen LogP contribution in [-0.2, 0) is 16.3 Å². The Bertz CT molecular complexity index is 1380. The van der Waals surface area contributed by atoms with Gasteiger partial charge in [0.05, 0.1) is 23.8 Å². The molecule has 0 saturated heterocycles. The lowest BCUT2D eigenvalue weighted by molar-refractivity contribution is -0.385. The lowest BCUT2D eigenvalue weighted by Crippen LogP contribution is -2.11. The van der Waals surface area contributed by atoms with Crippen LogP contribution in [0.15, 0.2) is 64.7 Å². The SMILES string of the molecule is COc1cc(C=NNc2ccc(C(F)(F)F)cn2)ccc1OS(=O)(=O)c1ccc(C)c([N+](=O)[O-])c1. The summed E-state index contributed by atoms with van der Waals surface area (Å²) in [6.07, 6.45) is -2.55. The molecule has 0 fully saturated rings. The number of methoxy groups -OCH3 is 1. The van der Waals surface area contributed by atoms with Crippen LogP contribution in [0, 0.1) is 17.0 Å². The van der Waals surface area contributed by atoms with Gasteiger partial charge >= 0.3 is 16.3 Å². The highest BCUT2D eigenvalue weighted by molar-refractivity contribution is 7.87. The Kier molecular flexibility index (Phi) is 7.24. The average Bonchev–Trinajstić information content (AvgIpc) is 2.79. The number of nitro benzene ring substituents is 1. The van der Waals surface area contributed by atoms with Crippen molar-refractivity contribution in [3.05, 3.63) is 81.5 Å². The molecule has 0 unspecified atom stereocenters. The minimum absolute atomic E-state index is 0.0202. The second-order valence-corrected chi connectivity index (χ2v) is 8.50. The number of hydrogen-bond acceptors (Lipinski definition) is 9. The number of aromatic nitrogens is 1. The lowest BCUT2D eigenvalue weighted by Gasteiger charge is -2.11. The van der Waals surface area contributed by atoms with E-state index in [2.05, 4.69) is 15.5 Å². The van der Waals surface area contributed by atoms with Crippen LogP contribution in [0.2, 0.25) is 0 Å². The van der Waals surface area contributed by atoms with Crippen molar-refractivity contribution < 1.29 is 35.4 Å². The topological polar surface area (TPSA) is 133 Å². The number of nitrogens with one attached hydrogen (secondary N) is 1. The minimum atomic E-state index is -4.50. The second-order valence-electron chi connectivity index (χ2n) is 6.95. The number of nitrogens with zero attached hydrogens (tertiary/aromatic N) is 3. The van der Waals surface area contributed by atoms with E-state index in [1.807, 2.05) is 0 Å². The Labute approximate surface area is 197 Å². The first-order chi connectivity index (χ1) is 16.4. The van der Waals surface area contributed by atoms with E-state index in [9.17, 15) is 31.7 Å². The van der Waals surface area contributed by atoms with Crippen LogP contribution in [0.4, 0.5) is 24.7 Å². The summed E-state index contributed by atoms with van der Waals surface area (Å²) in [5.74, 6) is -0.0866. The molecule has 184 valence electrons. The van der Waals surface area contributed by atoms with Crippen molar-refractivity contribution in [3.63, 3.8) is 0 Å². The molecule has 0 atom stereocenters. The molecule has 1 N–H and O–H groups in total. The first kappa shape index (κ1) is 25.4. The maximum Gasteiger partial charge on any atom is 0.417 e. The molecular formula is C21H17F3N4O6S. The summed E-state index contributed by atoms with van der Waals surface area (Å²) in [6, 6.07) is 9.47. The molecule has 0 saturated carbocycles. The van der Waals surface area contributed by atoms with Gasteiger partial charge in [-0.15, -0.1) is 0 Å². The van der Waals surface area contributed by atoms with Crippen LogP contribution >= 0.6 is 0 Å². The van der Waals surface area contributed by atoms with Crippen molar-refractivity contribution in [3.8, 4) is 11.5 Å². The first-order valence-corrected chi connectivity index (χ1v) is 11.0. The highest BCUT2D eigenvalue weighted by atomic mass is 32.2. The average molecular weight is 510 g/mol. The molecule has 1 aromatic heterocycles. The number of aryl methyl sites for hydroxylation is 1. The number of ether oxygens (including phenoxy) is 1. The van der Waals surface area contributed by atoms with Crippen LogP contribution in [0.1, 0.15) is 16.7 Å². The van der Waals surface area contributed by atoms with Gasteiger partial charge in [0, 0.05) is 17.8 Å². The Morgan fingerprint density at radius 2 is 1.86 bits per heavy atom. The van der Waals surface area contributed by atoms with Crippen LogP contribution in [0.3, 0.4) is 0 Å². The molecule has 0 radical (unpaired) electrons. The van der Waals surface area contributed by atoms with Crippen LogP contribution in [0.5, 0.6) is 11.5 Å². The smallest absolute Gasteiger partial charge is 0.417 e. The number of hydrogen-bond donors (Lipinski definition) is 1. The maximum absolute atomic E-state index is 12.6. The predicted octanol–water partition coefficient (Wildman–Crippen LogP) is 4.54. The van der Waals surface area contributed by atoms with Gasteiger partial charge in [0.25, 0.3) is 5.69 Å². The van der Waals surface area contributed by atoms with Gasteiger partial charge in [0.2, 0.25) is 0 Å². The quantitative estimate of drug-likeness (QED) is 0.202. The zero-order chi connectivity index (χ0) is 25.8. The zero-order valence-electron chi connectivity index (χ0n) is 18.1. The van der Waals surface area contributed by atoms with Gasteiger partial charge in [-0.25, -0.2) is 4.98 Å². The van der Waals surface area contributed by atoms with Gasteiger partial charge in [-0.2, -0.15) is 26.7 Å². The molecule has 1 heterocycles. The van der Waals surface area contributed by atoms with E-state index in [1.165, 1.54) is 50.6 Å². The molecule has 2 aromatic carbocycles. The van der Waals surface area contributed by atoms with Crippen molar-refractivity contribution in [2.24, 2.45) is 5.10 Å². The van der Waals surface area contributed by atoms with Crippen LogP contribution in [-0.4, -0.2) is 31.6 Å². The molecule has 0 amide bonds. The molecule has 0 spiro atoms. The van der Waals surface area contributed by atoms with Gasteiger partial charge in [-0.3, -0.25) is 15.5 Å². The van der Waals surface area contributed by atoms with Crippen molar-refractivity contribution in [2.45, 2.75) is 18.0 Å². The van der Waals surface area contributed by atoms with Crippen molar-refractivity contribution in [2.75, 3.05) is 12.5 Å². The molecular weight excluding hydrogens is 493 g/mol. The number of rotatable bonds is 8. The number of alkyl halides is 3. The van der Waals surface area contributed by atoms with Gasteiger partial charge in [-0.1, -0.05) is 6.07 Å². The molecule has 0 aliphatic carbocycles. The number of benzene rings is 2. The fraction of sp³-hybridized carbons (Fsp3) is 0.143. The standard InChI is InChI=1S/C21H17F3N4O6S/c1-13-3-6-16(10-17(13)28(29)30)35(31,32)34-18-7-4-14(9-19(18)33-2)11-26-27-20-8-5-15(12-25-20)21(22,23)24/h3-12H,1-2H3,(H,25,27). The Balaban J connectivity index is 1.76. The molecule has 10 nitrogen and oxygen atoms in total. The third-order valence-corrected chi connectivity index (χ3v) is 5.77. The Hall–Kier alpha value is -4.20. The van der Waals surface area contributed by atoms with Crippen molar-refractivity contribution in [1.29, 1.82) is 0 Å². The molecule has 35 heavy (non-hydrogen) atoms. The highest BCUT2D eigenvalue weighted by Gasteiger charge is 2.30. The van der Waals surface area contributed by atoms with Gasteiger partial charge < -0.3 is 8.92 Å². The number of pyridine rings is 1. The summed E-state index contributed by atoms with van der Waals surface area (Å²) in [5, 5.41) is 15.0. The second kappa shape index (κ2) is 9.97. The van der Waals surface area contributed by atoms with Crippen molar-refractivity contribution in [1.82, 2.24) is 4.98 Å². The van der Waals surface area contributed by atoms with E-state index in [1.54, 1.807) is 0 Å². The van der Waals surface area contributed by atoms with Crippen LogP contribution in [0.25, 0.3) is 0 Å². The van der Waals surface area contributed by atoms with E-state index < -0.39 is 31.7 Å². The minimum Gasteiger partial charge on any atom is -0.493 e. The lowest BCUT2D eigenvalue weighted by atomic mass is 10.2. The molecule has 3 aromatic rings. The van der Waals surface area contributed by atoms with E-state index in [0.717, 1.165) is 18.2 Å². The van der Waals surface area contributed by atoms with Gasteiger partial charge in [0.15, 0.2) is 11.5 Å². The van der Waals surface area contributed by atoms with E-state index in [4.69, 9.17) is 8.92 Å². The summed E-state index contributed by atoms with van der Waals surface area (Å²) in [6.45, 7) is 1.47. The summed E-state index contributed by atoms with van der Waals surface area (Å²) in [5.41, 5.74) is 1.91. The molecule has 0 aliphatic rings. The molecule has 0 aliphatic heterocycles. The first-order valence-electron chi connectivity index (χ1n) is 9.60. The maximum atomic E-state index is 12.6. The van der Waals surface area contributed by atoms with E-state index in [-0.39, 0.29) is 28.6 Å². The summed E-state index contributed by atoms with van der Waals surface area (Å²) < 4.78 is 73.3. The summed E-state index contributed by atoms with van der Waals surface area (Å²) in [4.78, 5) is 13.6. The van der Waals surface area contributed by atoms with Crippen molar-refractivity contribution >= 4 is 27.8 Å². The fourth-order valence-corrected chi connectivity index (χ4v) is 3.70. The van der Waals surface area contributed by atoms with Crippen LogP contribution < -0.4 is 14.3 Å². The molecule has 14 heteroatoms. The molecule has 3 rings (SSSR count). The predicted molar refractivity (Wildman–Crippen MR) is 119 cm³/mol. The number of halogens is 3. The van der Waals surface area contributed by atoms with Gasteiger partial charge in [-0.05, 0) is 48.9 Å². The largest absolute Gasteiger partial charge is 0.493 e.